The SMILES string of the molecule is CCC(C)(C)C1CC(C(C)(C)C)C(O)C(C(C)(C)C)C1. The molecule has 0 radical (unpaired) electrons. The Kier molecular flexibility index (Phi) is 5.07. The van der Waals surface area contributed by atoms with E-state index in [1.807, 2.05) is 0 Å². The Balaban J connectivity index is 3.11. The van der Waals surface area contributed by atoms with Gasteiger partial charge in [0, 0.05) is 0 Å². The summed E-state index contributed by atoms with van der Waals surface area (Å²) in [7, 11) is 0. The highest BCUT2D eigenvalue weighted by Gasteiger charge is 2.48. The first kappa shape index (κ1) is 18.0. The molecule has 0 aromatic rings. The molecule has 0 amide bonds. The van der Waals surface area contributed by atoms with E-state index in [1.54, 1.807) is 0 Å². The van der Waals surface area contributed by atoms with E-state index in [1.165, 1.54) is 19.3 Å². The van der Waals surface area contributed by atoms with Gasteiger partial charge >= 0.3 is 0 Å². The Morgan fingerprint density at radius 2 is 1.15 bits per heavy atom. The second-order valence-corrected chi connectivity index (χ2v) is 9.95. The van der Waals surface area contributed by atoms with Crippen LogP contribution < -0.4 is 0 Å². The van der Waals surface area contributed by atoms with Gasteiger partial charge < -0.3 is 5.11 Å². The smallest absolute Gasteiger partial charge is 0.0606 e. The standard InChI is InChI=1S/C19H38O/c1-10-19(8,9)13-11-14(17(2,3)4)16(20)15(12-13)18(5,6)7/h13-16,20H,10-12H2,1-9H3. The Morgan fingerprint density at radius 1 is 0.800 bits per heavy atom. The average Bonchev–Trinajstić information content (AvgIpc) is 2.25. The first-order valence-corrected chi connectivity index (χ1v) is 8.48. The molecule has 0 heterocycles. The minimum Gasteiger partial charge on any atom is -0.393 e. The van der Waals surface area contributed by atoms with Gasteiger partial charge in [-0.2, -0.15) is 0 Å². The Morgan fingerprint density at radius 3 is 1.40 bits per heavy atom. The molecule has 1 nitrogen and oxygen atoms in total. The molecule has 1 heteroatoms. The summed E-state index contributed by atoms with van der Waals surface area (Å²) in [5.74, 6) is 1.55. The molecule has 1 aliphatic carbocycles. The van der Waals surface area contributed by atoms with Crippen LogP contribution in [0.4, 0.5) is 0 Å². The van der Waals surface area contributed by atoms with Gasteiger partial charge in [0.15, 0.2) is 0 Å². The monoisotopic (exact) mass is 282 g/mol. The summed E-state index contributed by atoms with van der Waals surface area (Å²) in [6.45, 7) is 20.9. The van der Waals surface area contributed by atoms with E-state index in [0.29, 0.717) is 17.3 Å². The molecule has 0 bridgehead atoms. The van der Waals surface area contributed by atoms with Crippen molar-refractivity contribution >= 4 is 0 Å². The Bertz CT molecular complexity index is 292. The zero-order valence-electron chi connectivity index (χ0n) is 15.4. The number of hydrogen-bond donors (Lipinski definition) is 1. The molecule has 0 aromatic carbocycles. The van der Waals surface area contributed by atoms with Crippen molar-refractivity contribution in [2.45, 2.75) is 87.7 Å². The maximum atomic E-state index is 11.0. The maximum Gasteiger partial charge on any atom is 0.0606 e. The molecular formula is C19H38O. The lowest BCUT2D eigenvalue weighted by atomic mass is 9.54. The van der Waals surface area contributed by atoms with Crippen LogP contribution in [0.25, 0.3) is 0 Å². The van der Waals surface area contributed by atoms with E-state index in [-0.39, 0.29) is 16.9 Å². The molecule has 0 aliphatic heterocycles. The number of hydrogen-bond acceptors (Lipinski definition) is 1. The quantitative estimate of drug-likeness (QED) is 0.707. The van der Waals surface area contributed by atoms with Crippen LogP contribution in [0.2, 0.25) is 0 Å². The average molecular weight is 283 g/mol. The molecule has 0 saturated heterocycles. The van der Waals surface area contributed by atoms with E-state index >= 15 is 0 Å². The van der Waals surface area contributed by atoms with Crippen molar-refractivity contribution < 1.29 is 5.11 Å². The van der Waals surface area contributed by atoms with Gasteiger partial charge in [-0.05, 0) is 46.8 Å². The fraction of sp³-hybridized carbons (Fsp3) is 1.00. The third kappa shape index (κ3) is 3.78. The van der Waals surface area contributed by atoms with Crippen molar-refractivity contribution in [1.29, 1.82) is 0 Å². The normalized spacial score (nSPS) is 33.3. The molecule has 1 rings (SSSR count). The van der Waals surface area contributed by atoms with Crippen LogP contribution in [0.1, 0.15) is 81.6 Å². The van der Waals surface area contributed by atoms with Crippen LogP contribution >= 0.6 is 0 Å². The summed E-state index contributed by atoms with van der Waals surface area (Å²) >= 11 is 0. The highest BCUT2D eigenvalue weighted by Crippen LogP contribution is 2.53. The predicted octanol–water partition coefficient (Wildman–Crippen LogP) is 5.52. The van der Waals surface area contributed by atoms with Crippen molar-refractivity contribution in [2.24, 2.45) is 34.0 Å². The van der Waals surface area contributed by atoms with E-state index < -0.39 is 0 Å². The van der Waals surface area contributed by atoms with Crippen molar-refractivity contribution in [3.8, 4) is 0 Å². The largest absolute Gasteiger partial charge is 0.393 e. The molecule has 1 aliphatic rings. The summed E-state index contributed by atoms with van der Waals surface area (Å²) < 4.78 is 0. The van der Waals surface area contributed by atoms with Gasteiger partial charge in [-0.25, -0.2) is 0 Å². The second kappa shape index (κ2) is 5.63. The zero-order chi connectivity index (χ0) is 15.9. The van der Waals surface area contributed by atoms with Crippen LogP contribution in [-0.4, -0.2) is 11.2 Å². The van der Waals surface area contributed by atoms with Crippen molar-refractivity contribution in [3.05, 3.63) is 0 Å². The van der Waals surface area contributed by atoms with Gasteiger partial charge in [0.2, 0.25) is 0 Å². The van der Waals surface area contributed by atoms with E-state index in [2.05, 4.69) is 62.3 Å². The summed E-state index contributed by atoms with van der Waals surface area (Å²) in [5, 5.41) is 11.0. The van der Waals surface area contributed by atoms with Crippen LogP contribution in [0.3, 0.4) is 0 Å². The van der Waals surface area contributed by atoms with Gasteiger partial charge in [-0.15, -0.1) is 0 Å². The van der Waals surface area contributed by atoms with Crippen LogP contribution in [0, 0.1) is 34.0 Å². The highest BCUT2D eigenvalue weighted by atomic mass is 16.3. The molecule has 0 spiro atoms. The van der Waals surface area contributed by atoms with Crippen molar-refractivity contribution in [1.82, 2.24) is 0 Å². The molecule has 1 N–H and O–H groups in total. The van der Waals surface area contributed by atoms with Gasteiger partial charge in [-0.1, -0.05) is 68.7 Å². The third-order valence-corrected chi connectivity index (χ3v) is 6.14. The Hall–Kier alpha value is -0.0400. The minimum atomic E-state index is -0.154. The molecule has 1 saturated carbocycles. The number of aliphatic hydroxyl groups is 1. The van der Waals surface area contributed by atoms with Gasteiger partial charge in [0.25, 0.3) is 0 Å². The van der Waals surface area contributed by atoms with Gasteiger partial charge in [-0.3, -0.25) is 0 Å². The second-order valence-electron chi connectivity index (χ2n) is 9.95. The van der Waals surface area contributed by atoms with Crippen LogP contribution in [0.15, 0.2) is 0 Å². The first-order chi connectivity index (χ1) is 8.80. The lowest BCUT2D eigenvalue weighted by Crippen LogP contribution is -2.50. The minimum absolute atomic E-state index is 0.154. The molecule has 1 fully saturated rings. The summed E-state index contributed by atoms with van der Waals surface area (Å²) in [5.41, 5.74) is 0.754. The highest BCUT2D eigenvalue weighted by molar-refractivity contribution is 4.98. The van der Waals surface area contributed by atoms with E-state index in [9.17, 15) is 5.11 Å². The van der Waals surface area contributed by atoms with E-state index in [0.717, 1.165) is 5.92 Å². The maximum absolute atomic E-state index is 11.0. The van der Waals surface area contributed by atoms with Gasteiger partial charge in [0.05, 0.1) is 6.10 Å². The number of aliphatic hydroxyl groups excluding tert-OH is 1. The van der Waals surface area contributed by atoms with Gasteiger partial charge in [0.1, 0.15) is 0 Å². The van der Waals surface area contributed by atoms with Crippen molar-refractivity contribution in [2.75, 3.05) is 0 Å². The molecule has 20 heavy (non-hydrogen) atoms. The zero-order valence-corrected chi connectivity index (χ0v) is 15.4. The Labute approximate surface area is 127 Å². The fourth-order valence-corrected chi connectivity index (χ4v) is 3.93. The first-order valence-electron chi connectivity index (χ1n) is 8.48. The number of rotatable bonds is 2. The topological polar surface area (TPSA) is 20.2 Å². The fourth-order valence-electron chi connectivity index (χ4n) is 3.93. The lowest BCUT2D eigenvalue weighted by molar-refractivity contribution is -0.102. The molecule has 120 valence electrons. The molecule has 2 unspecified atom stereocenters. The van der Waals surface area contributed by atoms with Crippen LogP contribution in [0.5, 0.6) is 0 Å². The van der Waals surface area contributed by atoms with Crippen molar-refractivity contribution in [3.63, 3.8) is 0 Å². The molecule has 2 atom stereocenters. The lowest BCUT2D eigenvalue weighted by Gasteiger charge is -2.52. The predicted molar refractivity (Wildman–Crippen MR) is 88.7 cm³/mol. The third-order valence-electron chi connectivity index (χ3n) is 6.14. The summed E-state index contributed by atoms with van der Waals surface area (Å²) in [4.78, 5) is 0. The molecule has 0 aromatic heterocycles. The molecular weight excluding hydrogens is 244 g/mol. The van der Waals surface area contributed by atoms with E-state index in [4.69, 9.17) is 0 Å². The summed E-state index contributed by atoms with van der Waals surface area (Å²) in [6.07, 6.45) is 3.43. The summed E-state index contributed by atoms with van der Waals surface area (Å²) in [6, 6.07) is 0. The van der Waals surface area contributed by atoms with Crippen LogP contribution in [-0.2, 0) is 0 Å².